The Labute approximate surface area is 366 Å². The van der Waals surface area contributed by atoms with Gasteiger partial charge in [0.25, 0.3) is 0 Å². The third-order valence-corrected chi connectivity index (χ3v) is 10.8. The summed E-state index contributed by atoms with van der Waals surface area (Å²) in [5.41, 5.74) is -0.283. The lowest BCUT2D eigenvalue weighted by molar-refractivity contribution is -0.681. The number of halogens is 22. The molecule has 0 amide bonds. The van der Waals surface area contributed by atoms with Gasteiger partial charge in [0.05, 0.1) is 34.1 Å². The molecule has 0 N–H and O–H groups in total. The van der Waals surface area contributed by atoms with Gasteiger partial charge < -0.3 is 10.2 Å². The average molecular weight is 1040 g/mol. The number of thioether (sulfide) groups is 1. The highest BCUT2D eigenvalue weighted by Gasteiger charge is 2.88. The Kier molecular flexibility index (Phi) is 16.5. The minimum Gasteiger partial charge on any atom is -0.854 e. The zero-order chi connectivity index (χ0) is 51.5. The second kappa shape index (κ2) is 19.7. The molecule has 2 heterocycles. The number of hydrogen-bond acceptors (Lipinski definition) is 6. The van der Waals surface area contributed by atoms with Gasteiger partial charge in [0, 0.05) is 34.1 Å². The predicted molar refractivity (Wildman–Crippen MR) is 184 cm³/mol. The van der Waals surface area contributed by atoms with Crippen molar-refractivity contribution in [3.8, 4) is 0 Å². The Morgan fingerprint density at radius 2 is 0.791 bits per heavy atom. The van der Waals surface area contributed by atoms with Crippen molar-refractivity contribution < 1.29 is 120 Å². The van der Waals surface area contributed by atoms with Gasteiger partial charge in [0.1, 0.15) is 0 Å². The third kappa shape index (κ3) is 11.7. The van der Waals surface area contributed by atoms with Gasteiger partial charge in [-0.25, -0.2) is 0 Å². The van der Waals surface area contributed by atoms with Gasteiger partial charge in [-0.2, -0.15) is 96.6 Å². The highest BCUT2D eigenvalue weighted by atomic mass is 32.2. The van der Waals surface area contributed by atoms with Crippen LogP contribution < -0.4 is 19.6 Å². The van der Waals surface area contributed by atoms with Gasteiger partial charge in [0.15, 0.2) is 0 Å². The van der Waals surface area contributed by atoms with E-state index in [9.17, 15) is 111 Å². The number of benzene rings is 2. The van der Waals surface area contributed by atoms with Crippen molar-refractivity contribution in [3.05, 3.63) is 121 Å². The van der Waals surface area contributed by atoms with Crippen molar-refractivity contribution in [1.82, 2.24) is 0 Å². The number of pyridine rings is 2. The number of aromatic nitrogens is 2. The van der Waals surface area contributed by atoms with Gasteiger partial charge in [-0.3, -0.25) is 4.21 Å². The Morgan fingerprint density at radius 1 is 0.463 bits per heavy atom. The molecule has 1 atom stereocenters. The SMILES string of the molecule is O=S(CC(F)(F)C(F)(F)C(F)(F)C(F)(F)C(F)(F)F)c1ccc(C([O-])=N[n+]2ccccc2)cc1.[O-]C(=N[n+]1ccccc1)c1ccc(SCC(F)(F)C(F)(F)C(F)(F)C(F)(F)C(F)(F)F)cc1. The fourth-order valence-electron chi connectivity index (χ4n) is 4.49. The highest BCUT2D eigenvalue weighted by Crippen LogP contribution is 2.59. The first-order valence-electron chi connectivity index (χ1n) is 17.1. The van der Waals surface area contributed by atoms with Crippen molar-refractivity contribution in [1.29, 1.82) is 0 Å². The molecule has 7 nitrogen and oxygen atoms in total. The predicted octanol–water partition coefficient (Wildman–Crippen LogP) is 8.50. The van der Waals surface area contributed by atoms with Gasteiger partial charge in [0.2, 0.25) is 24.8 Å². The normalized spacial score (nSPS) is 14.9. The van der Waals surface area contributed by atoms with Gasteiger partial charge in [-0.05, 0) is 45.6 Å². The quantitative estimate of drug-likeness (QED) is 0.0370. The summed E-state index contributed by atoms with van der Waals surface area (Å²) in [5, 5.41) is 31.3. The van der Waals surface area contributed by atoms with E-state index < -0.39 is 98.7 Å². The summed E-state index contributed by atoms with van der Waals surface area (Å²) in [6.07, 6.45) is -8.89. The van der Waals surface area contributed by atoms with Gasteiger partial charge in [-0.15, -0.1) is 11.8 Å². The van der Waals surface area contributed by atoms with Crippen LogP contribution in [0.3, 0.4) is 0 Å². The van der Waals surface area contributed by atoms with E-state index in [-0.39, 0.29) is 27.8 Å². The molecule has 31 heteroatoms. The summed E-state index contributed by atoms with van der Waals surface area (Å²) in [5.74, 6) is -63.1. The van der Waals surface area contributed by atoms with Crippen molar-refractivity contribution in [3.63, 3.8) is 0 Å². The number of alkyl halides is 22. The van der Waals surface area contributed by atoms with Crippen LogP contribution >= 0.6 is 11.8 Å². The number of rotatable bonds is 16. The molecule has 2 aromatic heterocycles. The maximum absolute atomic E-state index is 13.8. The largest absolute Gasteiger partial charge is 0.854 e. The second-order valence-electron chi connectivity index (χ2n) is 13.0. The zero-order valence-electron chi connectivity index (χ0n) is 32.0. The Balaban J connectivity index is 0.000000355. The van der Waals surface area contributed by atoms with Crippen LogP contribution in [0.1, 0.15) is 11.1 Å². The zero-order valence-corrected chi connectivity index (χ0v) is 33.6. The highest BCUT2D eigenvalue weighted by molar-refractivity contribution is 7.99. The Hall–Kier alpha value is -5.36. The molecule has 0 spiro atoms. The summed E-state index contributed by atoms with van der Waals surface area (Å²) in [7, 11) is -3.28. The minimum atomic E-state index is -7.57. The van der Waals surface area contributed by atoms with Crippen LogP contribution in [0.5, 0.6) is 0 Å². The molecule has 0 saturated carbocycles. The molecule has 4 aromatic rings. The standard InChI is InChI=1S/C18H11F11N2O2S.C18H11F11N2OS/c19-14(20,15(21,22)16(23,24)17(25,26)18(27,28)29)10-34(33)12-6-4-11(5-7-12)13(32)30-31-8-2-1-3-9-31;19-14(20,15(21,22)16(23,24)17(25,26)18(27,28)29)10-33-12-6-4-11(5-7-12)13(32)30-31-8-2-1-3-9-31/h1-9H,10H2;1-9H,10H2. The molecular weight excluding hydrogens is 1020 g/mol. The third-order valence-electron chi connectivity index (χ3n) is 8.22. The molecule has 0 aliphatic rings. The van der Waals surface area contributed by atoms with E-state index in [1.807, 2.05) is 0 Å². The molecule has 4 rings (SSSR count). The van der Waals surface area contributed by atoms with E-state index >= 15 is 0 Å². The van der Waals surface area contributed by atoms with E-state index in [0.717, 1.165) is 45.8 Å². The molecule has 1 unspecified atom stereocenters. The molecule has 0 aliphatic carbocycles. The summed E-state index contributed by atoms with van der Waals surface area (Å²) in [6, 6.07) is 16.5. The first-order chi connectivity index (χ1) is 30.3. The molecule has 0 fully saturated rings. The molecule has 370 valence electrons. The van der Waals surface area contributed by atoms with Crippen LogP contribution in [0.4, 0.5) is 96.6 Å². The topological polar surface area (TPSA) is 95.7 Å². The van der Waals surface area contributed by atoms with Gasteiger partial charge >= 0.3 is 59.7 Å². The molecule has 0 aliphatic heterocycles. The molecule has 0 saturated heterocycles. The first-order valence-corrected chi connectivity index (χ1v) is 19.4. The molecule has 67 heavy (non-hydrogen) atoms. The van der Waals surface area contributed by atoms with Crippen molar-refractivity contribution in [2.45, 2.75) is 69.5 Å². The Bertz CT molecular complexity index is 2360. The fraction of sp³-hybridized carbons (Fsp3) is 0.333. The van der Waals surface area contributed by atoms with E-state index in [4.69, 9.17) is 0 Å². The summed E-state index contributed by atoms with van der Waals surface area (Å²) in [4.78, 5) is -1.02. The lowest BCUT2D eigenvalue weighted by Crippen LogP contribution is -2.67. The monoisotopic (exact) mass is 1040 g/mol. The van der Waals surface area contributed by atoms with Crippen LogP contribution in [0, 0.1) is 0 Å². The first kappa shape index (κ1) is 56.0. The van der Waals surface area contributed by atoms with Crippen LogP contribution in [-0.2, 0) is 10.8 Å². The lowest BCUT2D eigenvalue weighted by Gasteiger charge is -2.37. The van der Waals surface area contributed by atoms with Crippen LogP contribution in [0.15, 0.2) is 130 Å². The van der Waals surface area contributed by atoms with Crippen molar-refractivity contribution in [2.75, 3.05) is 11.5 Å². The summed E-state index contributed by atoms with van der Waals surface area (Å²) < 4.78 is 301. The van der Waals surface area contributed by atoms with E-state index in [1.54, 1.807) is 24.3 Å². The maximum Gasteiger partial charge on any atom is 0.460 e. The number of hydrogen-bond donors (Lipinski definition) is 0. The van der Waals surface area contributed by atoms with Crippen molar-refractivity contribution >= 4 is 34.4 Å². The lowest BCUT2D eigenvalue weighted by atomic mass is 9.99. The van der Waals surface area contributed by atoms with Crippen LogP contribution in [0.2, 0.25) is 0 Å². The molecule has 0 radical (unpaired) electrons. The maximum atomic E-state index is 13.8. The Morgan fingerprint density at radius 3 is 1.13 bits per heavy atom. The fourth-order valence-corrected chi connectivity index (χ4v) is 6.47. The smallest absolute Gasteiger partial charge is 0.460 e. The molecule has 2 aromatic carbocycles. The minimum absolute atomic E-state index is 0.0795. The van der Waals surface area contributed by atoms with Crippen LogP contribution in [-0.4, -0.2) is 87.2 Å². The molecule has 0 bridgehead atoms. The number of nitrogens with zero attached hydrogens (tertiary/aromatic N) is 4. The average Bonchev–Trinajstić information content (AvgIpc) is 3.22. The van der Waals surface area contributed by atoms with Crippen LogP contribution in [0.25, 0.3) is 0 Å². The summed E-state index contributed by atoms with van der Waals surface area (Å²) in [6.45, 7) is 0. The van der Waals surface area contributed by atoms with Crippen molar-refractivity contribution in [2.24, 2.45) is 10.2 Å². The van der Waals surface area contributed by atoms with E-state index in [2.05, 4.69) is 10.2 Å². The molecular formula is C36H22F22N4O3S2. The van der Waals surface area contributed by atoms with E-state index in [0.29, 0.717) is 12.1 Å². The van der Waals surface area contributed by atoms with E-state index in [1.165, 1.54) is 36.9 Å². The van der Waals surface area contributed by atoms with Gasteiger partial charge in [-0.1, -0.05) is 45.8 Å². The second-order valence-corrected chi connectivity index (χ2v) is 15.5. The summed E-state index contributed by atoms with van der Waals surface area (Å²) >= 11 is -0.224.